The van der Waals surface area contributed by atoms with E-state index in [0.29, 0.717) is 21.3 Å². The van der Waals surface area contributed by atoms with Crippen LogP contribution in [0.15, 0.2) is 67.0 Å². The van der Waals surface area contributed by atoms with Gasteiger partial charge in [0.2, 0.25) is 5.78 Å². The summed E-state index contributed by atoms with van der Waals surface area (Å²) in [6.07, 6.45) is 3.07. The Hall–Kier alpha value is -3.59. The number of carbonyl (C=O) groups is 2. The molecule has 5 rings (SSSR count). The topological polar surface area (TPSA) is 77.3 Å². The van der Waals surface area contributed by atoms with Crippen molar-refractivity contribution < 1.29 is 18.7 Å². The number of methoxy groups -OCH3 is 1. The standard InChI is InChI=1S/C26H19Cl2FN4O3/c1-32-10-9-22(31-32)24(34)15-11-20-23(21(29)12-15)26(36-2,16-3-5-17(27)6-4-16)33(25(20)35)14-19-8-7-18(28)13-30-19/h3-13H,14H2,1-2H3. The first-order valence-corrected chi connectivity index (χ1v) is 11.6. The van der Waals surface area contributed by atoms with Crippen molar-refractivity contribution in [3.63, 3.8) is 0 Å². The van der Waals surface area contributed by atoms with Gasteiger partial charge >= 0.3 is 0 Å². The number of hydrogen-bond acceptors (Lipinski definition) is 5. The molecule has 0 bridgehead atoms. The van der Waals surface area contributed by atoms with Gasteiger partial charge < -0.3 is 4.74 Å². The Kier molecular flexibility index (Phi) is 6.12. The van der Waals surface area contributed by atoms with Crippen molar-refractivity contribution in [2.45, 2.75) is 12.3 Å². The van der Waals surface area contributed by atoms with E-state index < -0.39 is 23.2 Å². The molecule has 0 fully saturated rings. The Balaban J connectivity index is 1.70. The van der Waals surface area contributed by atoms with Gasteiger partial charge in [0.05, 0.1) is 28.4 Å². The summed E-state index contributed by atoms with van der Waals surface area (Å²) in [7, 11) is 3.07. The van der Waals surface area contributed by atoms with Crippen LogP contribution in [0, 0.1) is 5.82 Å². The Morgan fingerprint density at radius 3 is 2.42 bits per heavy atom. The molecule has 2 aromatic carbocycles. The van der Waals surface area contributed by atoms with Gasteiger partial charge in [0.15, 0.2) is 5.72 Å². The normalized spacial score (nSPS) is 16.9. The third kappa shape index (κ3) is 3.87. The van der Waals surface area contributed by atoms with Crippen LogP contribution in [0.1, 0.15) is 43.2 Å². The second-order valence-corrected chi connectivity index (χ2v) is 9.17. The fourth-order valence-corrected chi connectivity index (χ4v) is 4.75. The monoisotopic (exact) mass is 524 g/mol. The van der Waals surface area contributed by atoms with Gasteiger partial charge in [-0.25, -0.2) is 4.39 Å². The first-order valence-electron chi connectivity index (χ1n) is 10.9. The van der Waals surface area contributed by atoms with E-state index in [1.807, 2.05) is 0 Å². The molecule has 7 nitrogen and oxygen atoms in total. The van der Waals surface area contributed by atoms with Gasteiger partial charge in [-0.1, -0.05) is 35.3 Å². The summed E-state index contributed by atoms with van der Waals surface area (Å²) in [4.78, 5) is 32.5. The number of ketones is 1. The number of carbonyl (C=O) groups excluding carboxylic acids is 2. The van der Waals surface area contributed by atoms with E-state index in [1.165, 1.54) is 35.0 Å². The molecule has 0 radical (unpaired) electrons. The van der Waals surface area contributed by atoms with Crippen LogP contribution >= 0.6 is 23.2 Å². The second kappa shape index (κ2) is 9.13. The summed E-state index contributed by atoms with van der Waals surface area (Å²) >= 11 is 12.1. The number of aromatic nitrogens is 3. The fraction of sp³-hybridized carbons (Fsp3) is 0.154. The molecule has 182 valence electrons. The molecular weight excluding hydrogens is 506 g/mol. The van der Waals surface area contributed by atoms with Gasteiger partial charge in [-0.05, 0) is 42.5 Å². The van der Waals surface area contributed by atoms with E-state index in [9.17, 15) is 9.59 Å². The number of pyridine rings is 1. The van der Waals surface area contributed by atoms with Gasteiger partial charge in [0, 0.05) is 42.7 Å². The molecule has 0 spiro atoms. The number of ether oxygens (including phenoxy) is 1. The van der Waals surface area contributed by atoms with Crippen LogP contribution in [0.3, 0.4) is 0 Å². The minimum absolute atomic E-state index is 0.00357. The highest BCUT2D eigenvalue weighted by molar-refractivity contribution is 6.30. The maximum Gasteiger partial charge on any atom is 0.257 e. The fourth-order valence-electron chi connectivity index (χ4n) is 4.51. The predicted molar refractivity (Wildman–Crippen MR) is 131 cm³/mol. The van der Waals surface area contributed by atoms with E-state index in [-0.39, 0.29) is 28.9 Å². The predicted octanol–water partition coefficient (Wildman–Crippen LogP) is 5.00. The maximum absolute atomic E-state index is 15.9. The lowest BCUT2D eigenvalue weighted by Gasteiger charge is -2.38. The zero-order valence-corrected chi connectivity index (χ0v) is 20.7. The van der Waals surface area contributed by atoms with Crippen LogP contribution in [0.2, 0.25) is 10.0 Å². The Morgan fingerprint density at radius 2 is 1.81 bits per heavy atom. The molecule has 0 saturated heterocycles. The molecular formula is C26H19Cl2FN4O3. The summed E-state index contributed by atoms with van der Waals surface area (Å²) in [5.41, 5.74) is -0.469. The lowest BCUT2D eigenvalue weighted by atomic mass is 9.91. The highest BCUT2D eigenvalue weighted by Gasteiger charge is 2.54. The highest BCUT2D eigenvalue weighted by Crippen LogP contribution is 2.47. The number of rotatable bonds is 6. The number of amides is 1. The summed E-state index contributed by atoms with van der Waals surface area (Å²) in [5.74, 6) is -1.78. The van der Waals surface area contributed by atoms with Crippen molar-refractivity contribution >= 4 is 34.9 Å². The molecule has 2 aromatic heterocycles. The minimum atomic E-state index is -1.63. The molecule has 3 heterocycles. The third-order valence-corrected chi connectivity index (χ3v) is 6.61. The highest BCUT2D eigenvalue weighted by atomic mass is 35.5. The number of hydrogen-bond donors (Lipinski definition) is 0. The molecule has 1 atom stereocenters. The van der Waals surface area contributed by atoms with E-state index in [0.717, 1.165) is 6.07 Å². The number of fused-ring (bicyclic) bond motifs is 1. The lowest BCUT2D eigenvalue weighted by Crippen LogP contribution is -2.46. The molecule has 1 aliphatic rings. The summed E-state index contributed by atoms with van der Waals surface area (Å²) in [6, 6.07) is 14.0. The minimum Gasteiger partial charge on any atom is -0.350 e. The second-order valence-electron chi connectivity index (χ2n) is 8.30. The van der Waals surface area contributed by atoms with E-state index in [1.54, 1.807) is 49.6 Å². The summed E-state index contributed by atoms with van der Waals surface area (Å²) in [5, 5.41) is 5.01. The maximum atomic E-state index is 15.9. The smallest absolute Gasteiger partial charge is 0.257 e. The average molecular weight is 525 g/mol. The number of nitrogens with zero attached hydrogens (tertiary/aromatic N) is 4. The lowest BCUT2D eigenvalue weighted by molar-refractivity contribution is -0.0885. The van der Waals surface area contributed by atoms with Gasteiger partial charge in [0.1, 0.15) is 11.5 Å². The van der Waals surface area contributed by atoms with E-state index in [2.05, 4.69) is 10.1 Å². The zero-order chi connectivity index (χ0) is 25.6. The molecule has 1 aliphatic heterocycles. The van der Waals surface area contributed by atoms with Crippen molar-refractivity contribution in [3.05, 3.63) is 116 Å². The van der Waals surface area contributed by atoms with Crippen LogP contribution in [0.5, 0.6) is 0 Å². The van der Waals surface area contributed by atoms with Crippen molar-refractivity contribution in [1.29, 1.82) is 0 Å². The molecule has 4 aromatic rings. The molecule has 0 saturated carbocycles. The Morgan fingerprint density at radius 1 is 1.08 bits per heavy atom. The molecule has 36 heavy (non-hydrogen) atoms. The molecule has 10 heteroatoms. The SMILES string of the molecule is COC1(c2ccc(Cl)cc2)c2c(F)cc(C(=O)c3ccn(C)n3)cc2C(=O)N1Cc1ccc(Cl)cn1. The van der Waals surface area contributed by atoms with Crippen LogP contribution in [0.4, 0.5) is 4.39 Å². The van der Waals surface area contributed by atoms with Crippen molar-refractivity contribution in [3.8, 4) is 0 Å². The van der Waals surface area contributed by atoms with Crippen LogP contribution in [0.25, 0.3) is 0 Å². The summed E-state index contributed by atoms with van der Waals surface area (Å²) < 4.78 is 23.4. The quantitative estimate of drug-likeness (QED) is 0.332. The van der Waals surface area contributed by atoms with Crippen molar-refractivity contribution in [1.82, 2.24) is 19.7 Å². The molecule has 1 unspecified atom stereocenters. The third-order valence-electron chi connectivity index (χ3n) is 6.13. The first-order chi connectivity index (χ1) is 17.2. The van der Waals surface area contributed by atoms with Crippen molar-refractivity contribution in [2.75, 3.05) is 7.11 Å². The van der Waals surface area contributed by atoms with E-state index >= 15 is 4.39 Å². The van der Waals surface area contributed by atoms with Gasteiger partial charge in [-0.2, -0.15) is 5.10 Å². The first kappa shape index (κ1) is 24.1. The average Bonchev–Trinajstić information content (AvgIpc) is 3.41. The van der Waals surface area contributed by atoms with Crippen molar-refractivity contribution in [2.24, 2.45) is 7.05 Å². The summed E-state index contributed by atoms with van der Waals surface area (Å²) in [6.45, 7) is -0.00981. The Bertz CT molecular complexity index is 1490. The van der Waals surface area contributed by atoms with Crippen LogP contribution < -0.4 is 0 Å². The number of benzene rings is 2. The van der Waals surface area contributed by atoms with Gasteiger partial charge in [-0.3, -0.25) is 24.2 Å². The molecule has 1 amide bonds. The van der Waals surface area contributed by atoms with Gasteiger partial charge in [0.25, 0.3) is 5.91 Å². The van der Waals surface area contributed by atoms with Crippen LogP contribution in [-0.2, 0) is 24.1 Å². The Labute approximate surface area is 216 Å². The largest absolute Gasteiger partial charge is 0.350 e. The number of halogens is 3. The molecule has 0 N–H and O–H groups in total. The van der Waals surface area contributed by atoms with Gasteiger partial charge in [-0.15, -0.1) is 0 Å². The van der Waals surface area contributed by atoms with E-state index in [4.69, 9.17) is 27.9 Å². The number of aryl methyl sites for hydroxylation is 1. The van der Waals surface area contributed by atoms with Crippen LogP contribution in [-0.4, -0.2) is 38.5 Å². The molecule has 0 aliphatic carbocycles. The zero-order valence-electron chi connectivity index (χ0n) is 19.2.